The van der Waals surface area contributed by atoms with Crippen molar-refractivity contribution in [3.63, 3.8) is 0 Å². The van der Waals surface area contributed by atoms with Gasteiger partial charge in [0.1, 0.15) is 0 Å². The molecule has 0 aliphatic carbocycles. The zero-order chi connectivity index (χ0) is 22.6. The summed E-state index contributed by atoms with van der Waals surface area (Å²) in [6.45, 7) is 12.4. The Kier molecular flexibility index (Phi) is 10.3. The van der Waals surface area contributed by atoms with Crippen LogP contribution in [0.4, 0.5) is 0 Å². The number of carbonyl (C=O) groups is 1. The van der Waals surface area contributed by atoms with Crippen LogP contribution in [-0.2, 0) is 16.1 Å². The van der Waals surface area contributed by atoms with E-state index in [0.29, 0.717) is 0 Å². The van der Waals surface area contributed by atoms with E-state index in [2.05, 4.69) is 57.3 Å². The van der Waals surface area contributed by atoms with E-state index in [0.717, 1.165) is 90.7 Å². The minimum absolute atomic E-state index is 0.0345. The number of esters is 1. The van der Waals surface area contributed by atoms with Crippen molar-refractivity contribution in [1.82, 2.24) is 20.0 Å². The van der Waals surface area contributed by atoms with Gasteiger partial charge in [-0.2, -0.15) is 0 Å². The molecule has 1 aromatic carbocycles. The van der Waals surface area contributed by atoms with Gasteiger partial charge in [-0.05, 0) is 44.7 Å². The summed E-state index contributed by atoms with van der Waals surface area (Å²) in [6.07, 6.45) is 3.98. The van der Waals surface area contributed by atoms with Crippen molar-refractivity contribution in [3.05, 3.63) is 35.9 Å². The average molecular weight is 444 g/mol. The monoisotopic (exact) mass is 443 g/mol. The zero-order valence-electron chi connectivity index (χ0n) is 20.0. The van der Waals surface area contributed by atoms with E-state index < -0.39 is 0 Å². The van der Waals surface area contributed by atoms with Gasteiger partial charge in [-0.15, -0.1) is 0 Å². The molecular formula is C25H41N5O2. The van der Waals surface area contributed by atoms with Crippen molar-refractivity contribution in [2.75, 3.05) is 66.0 Å². The number of benzene rings is 1. The van der Waals surface area contributed by atoms with E-state index in [9.17, 15) is 4.79 Å². The van der Waals surface area contributed by atoms with Crippen LogP contribution in [0.1, 0.15) is 38.2 Å². The molecule has 0 amide bonds. The molecular weight excluding hydrogens is 402 g/mol. The number of likely N-dealkylation sites (tertiary alicyclic amines) is 1. The van der Waals surface area contributed by atoms with Gasteiger partial charge in [0.15, 0.2) is 5.96 Å². The highest BCUT2D eigenvalue weighted by Gasteiger charge is 2.26. The van der Waals surface area contributed by atoms with Gasteiger partial charge in [0.25, 0.3) is 0 Å². The lowest BCUT2D eigenvalue weighted by Gasteiger charge is -2.34. The fourth-order valence-electron chi connectivity index (χ4n) is 4.56. The molecule has 7 heteroatoms. The van der Waals surface area contributed by atoms with Crippen LogP contribution in [0.5, 0.6) is 0 Å². The molecule has 0 radical (unpaired) electrons. The Hall–Kier alpha value is -2.12. The third-order valence-corrected chi connectivity index (χ3v) is 6.52. The number of methoxy groups -OCH3 is 1. The molecule has 0 bridgehead atoms. The molecule has 0 atom stereocenters. The maximum Gasteiger partial charge on any atom is 0.308 e. The first-order chi connectivity index (χ1) is 15.7. The topological polar surface area (TPSA) is 60.4 Å². The summed E-state index contributed by atoms with van der Waals surface area (Å²) in [6, 6.07) is 10.8. The van der Waals surface area contributed by atoms with Gasteiger partial charge < -0.3 is 19.9 Å². The van der Waals surface area contributed by atoms with Gasteiger partial charge in [-0.3, -0.25) is 14.7 Å². The Bertz CT molecular complexity index is 696. The largest absolute Gasteiger partial charge is 0.469 e. The van der Waals surface area contributed by atoms with Gasteiger partial charge in [0.2, 0.25) is 0 Å². The molecule has 1 aromatic rings. The van der Waals surface area contributed by atoms with Crippen LogP contribution >= 0.6 is 0 Å². The third kappa shape index (κ3) is 7.78. The maximum absolute atomic E-state index is 11.8. The quantitative estimate of drug-likeness (QED) is 0.274. The SMILES string of the molecule is CCNC(=NCCCCN1CCN(Cc2ccccc2)CC1)N1CCC(C(=O)OC)CC1. The van der Waals surface area contributed by atoms with Gasteiger partial charge in [0.05, 0.1) is 13.0 Å². The summed E-state index contributed by atoms with van der Waals surface area (Å²) >= 11 is 0. The van der Waals surface area contributed by atoms with E-state index in [-0.39, 0.29) is 11.9 Å². The zero-order valence-corrected chi connectivity index (χ0v) is 20.0. The highest BCUT2D eigenvalue weighted by Crippen LogP contribution is 2.18. The van der Waals surface area contributed by atoms with Gasteiger partial charge in [0, 0.05) is 58.9 Å². The van der Waals surface area contributed by atoms with Crippen LogP contribution in [0.2, 0.25) is 0 Å². The normalized spacial score (nSPS) is 19.2. The van der Waals surface area contributed by atoms with Crippen LogP contribution in [0.3, 0.4) is 0 Å². The average Bonchev–Trinajstić information content (AvgIpc) is 2.84. The number of hydrogen-bond donors (Lipinski definition) is 1. The molecule has 0 unspecified atom stereocenters. The van der Waals surface area contributed by atoms with E-state index in [1.54, 1.807) is 0 Å². The standard InChI is InChI=1S/C25H41N5O2/c1-3-26-25(30-15-11-23(12-16-30)24(31)32-2)27-13-7-8-14-28-17-19-29(20-18-28)21-22-9-5-4-6-10-22/h4-6,9-10,23H,3,7-8,11-21H2,1-2H3,(H,26,27). The van der Waals surface area contributed by atoms with Crippen LogP contribution in [0, 0.1) is 5.92 Å². The number of guanidine groups is 1. The molecule has 178 valence electrons. The summed E-state index contributed by atoms with van der Waals surface area (Å²) in [7, 11) is 1.48. The predicted molar refractivity (Wildman–Crippen MR) is 130 cm³/mol. The number of ether oxygens (including phenoxy) is 1. The summed E-state index contributed by atoms with van der Waals surface area (Å²) in [5.74, 6) is 0.949. The molecule has 2 fully saturated rings. The number of aliphatic imine (C=N–C) groups is 1. The summed E-state index contributed by atoms with van der Waals surface area (Å²) in [5, 5.41) is 3.42. The van der Waals surface area contributed by atoms with Crippen molar-refractivity contribution in [3.8, 4) is 0 Å². The van der Waals surface area contributed by atoms with Crippen molar-refractivity contribution < 1.29 is 9.53 Å². The molecule has 2 aliphatic heterocycles. The first-order valence-corrected chi connectivity index (χ1v) is 12.3. The molecule has 2 saturated heterocycles. The third-order valence-electron chi connectivity index (χ3n) is 6.52. The number of rotatable bonds is 9. The number of piperazine rings is 1. The van der Waals surface area contributed by atoms with Crippen LogP contribution < -0.4 is 5.32 Å². The van der Waals surface area contributed by atoms with Gasteiger partial charge in [-0.25, -0.2) is 0 Å². The van der Waals surface area contributed by atoms with Crippen LogP contribution in [0.25, 0.3) is 0 Å². The smallest absolute Gasteiger partial charge is 0.308 e. The van der Waals surface area contributed by atoms with Crippen LogP contribution in [0.15, 0.2) is 35.3 Å². The van der Waals surface area contributed by atoms with E-state index in [4.69, 9.17) is 9.73 Å². The molecule has 2 aliphatic rings. The summed E-state index contributed by atoms with van der Waals surface area (Å²) in [4.78, 5) is 24.0. The number of piperidine rings is 1. The van der Waals surface area contributed by atoms with E-state index in [1.807, 2.05) is 0 Å². The number of unbranched alkanes of at least 4 members (excludes halogenated alkanes) is 1. The molecule has 0 aromatic heterocycles. The Labute approximate surface area is 193 Å². The Morgan fingerprint density at radius 2 is 1.72 bits per heavy atom. The van der Waals surface area contributed by atoms with Crippen molar-refractivity contribution in [1.29, 1.82) is 0 Å². The van der Waals surface area contributed by atoms with Crippen molar-refractivity contribution >= 4 is 11.9 Å². The summed E-state index contributed by atoms with van der Waals surface area (Å²) in [5.41, 5.74) is 1.41. The second-order valence-corrected chi connectivity index (χ2v) is 8.83. The van der Waals surface area contributed by atoms with E-state index in [1.165, 1.54) is 19.1 Å². The lowest BCUT2D eigenvalue weighted by atomic mass is 9.97. The fraction of sp³-hybridized carbons (Fsp3) is 0.680. The maximum atomic E-state index is 11.8. The number of carbonyl (C=O) groups excluding carboxylic acids is 1. The number of nitrogens with one attached hydrogen (secondary N) is 1. The minimum Gasteiger partial charge on any atom is -0.469 e. The predicted octanol–water partition coefficient (Wildman–Crippen LogP) is 2.43. The Morgan fingerprint density at radius 1 is 1.03 bits per heavy atom. The Balaban J connectivity index is 1.31. The number of hydrogen-bond acceptors (Lipinski definition) is 5. The lowest BCUT2D eigenvalue weighted by molar-refractivity contribution is -0.146. The molecule has 7 nitrogen and oxygen atoms in total. The second kappa shape index (κ2) is 13.4. The molecule has 0 spiro atoms. The van der Waals surface area contributed by atoms with Crippen molar-refractivity contribution in [2.45, 2.75) is 39.2 Å². The molecule has 1 N–H and O–H groups in total. The summed E-state index contributed by atoms with van der Waals surface area (Å²) < 4.78 is 4.90. The van der Waals surface area contributed by atoms with E-state index >= 15 is 0 Å². The molecule has 3 rings (SSSR count). The number of nitrogens with zero attached hydrogens (tertiary/aromatic N) is 4. The first kappa shape index (κ1) is 24.5. The first-order valence-electron chi connectivity index (χ1n) is 12.3. The molecule has 2 heterocycles. The van der Waals surface area contributed by atoms with Crippen molar-refractivity contribution in [2.24, 2.45) is 10.9 Å². The highest BCUT2D eigenvalue weighted by molar-refractivity contribution is 5.80. The van der Waals surface area contributed by atoms with Gasteiger partial charge >= 0.3 is 5.97 Å². The lowest BCUT2D eigenvalue weighted by Crippen LogP contribution is -2.46. The molecule has 0 saturated carbocycles. The van der Waals surface area contributed by atoms with Crippen LogP contribution in [-0.4, -0.2) is 92.6 Å². The highest BCUT2D eigenvalue weighted by atomic mass is 16.5. The Morgan fingerprint density at radius 3 is 2.38 bits per heavy atom. The minimum atomic E-state index is -0.0764. The van der Waals surface area contributed by atoms with Gasteiger partial charge in [-0.1, -0.05) is 30.3 Å². The fourth-order valence-corrected chi connectivity index (χ4v) is 4.56. The molecule has 32 heavy (non-hydrogen) atoms. The second-order valence-electron chi connectivity index (χ2n) is 8.83.